The molecular formula is C20H17N3O2. The van der Waals surface area contributed by atoms with E-state index in [9.17, 15) is 9.59 Å². The van der Waals surface area contributed by atoms with Crippen LogP contribution in [0, 0.1) is 34.5 Å². The number of hydrogen-bond acceptors (Lipinski definition) is 2. The molecule has 25 heavy (non-hydrogen) atoms. The van der Waals surface area contributed by atoms with Crippen LogP contribution in [0.1, 0.15) is 24.9 Å². The maximum absolute atomic E-state index is 13.3. The largest absolute Gasteiger partial charge is 0.352 e. The fourth-order valence-corrected chi connectivity index (χ4v) is 8.86. The first-order valence-electron chi connectivity index (χ1n) is 9.42. The monoisotopic (exact) mass is 331 g/mol. The van der Waals surface area contributed by atoms with E-state index in [4.69, 9.17) is 0 Å². The summed E-state index contributed by atoms with van der Waals surface area (Å²) in [7, 11) is 0. The zero-order valence-corrected chi connectivity index (χ0v) is 13.6. The van der Waals surface area contributed by atoms with Gasteiger partial charge in [0.05, 0.1) is 17.8 Å². The van der Waals surface area contributed by atoms with Crippen LogP contribution in [0.2, 0.25) is 0 Å². The molecule has 5 heteroatoms. The van der Waals surface area contributed by atoms with E-state index in [-0.39, 0.29) is 34.3 Å². The summed E-state index contributed by atoms with van der Waals surface area (Å²) in [5, 5.41) is 0. The molecule has 2 spiro atoms. The van der Waals surface area contributed by atoms with E-state index in [0.29, 0.717) is 17.5 Å². The van der Waals surface area contributed by atoms with E-state index in [1.165, 1.54) is 4.57 Å². The third-order valence-corrected chi connectivity index (χ3v) is 9.13. The summed E-state index contributed by atoms with van der Waals surface area (Å²) in [6.07, 6.45) is 6.88. The van der Waals surface area contributed by atoms with Crippen molar-refractivity contribution in [3.05, 3.63) is 63.5 Å². The molecule has 5 aliphatic carbocycles. The first kappa shape index (κ1) is 12.1. The van der Waals surface area contributed by atoms with Crippen molar-refractivity contribution in [1.82, 2.24) is 13.9 Å². The molecular weight excluding hydrogens is 314 g/mol. The zero-order valence-electron chi connectivity index (χ0n) is 13.6. The van der Waals surface area contributed by atoms with E-state index in [0.717, 1.165) is 24.7 Å². The van der Waals surface area contributed by atoms with Gasteiger partial charge < -0.3 is 0 Å². The quantitative estimate of drug-likeness (QED) is 0.748. The topological polar surface area (TPSA) is 48.9 Å². The number of nitrogens with zero attached hydrogens (tertiary/aromatic N) is 3. The second kappa shape index (κ2) is 3.11. The Labute approximate surface area is 143 Å². The highest BCUT2D eigenvalue weighted by atomic mass is 16.2. The van der Waals surface area contributed by atoms with Gasteiger partial charge in [-0.2, -0.15) is 0 Å². The molecule has 4 saturated carbocycles. The summed E-state index contributed by atoms with van der Waals surface area (Å²) in [4.78, 5) is 26.6. The molecule has 124 valence electrons. The van der Waals surface area contributed by atoms with Crippen LogP contribution in [0.3, 0.4) is 0 Å². The predicted octanol–water partition coefficient (Wildman–Crippen LogP) is 1.74. The maximum Gasteiger partial charge on any atom is 0.352 e. The molecule has 8 atom stereocenters. The van der Waals surface area contributed by atoms with Crippen LogP contribution in [0.4, 0.5) is 0 Å². The third-order valence-electron chi connectivity index (χ3n) is 9.13. The molecule has 4 fully saturated rings. The molecule has 1 aromatic carbocycles. The minimum Gasteiger partial charge on any atom is -0.245 e. The molecule has 9 rings (SSSR count). The van der Waals surface area contributed by atoms with Crippen LogP contribution in [0.5, 0.6) is 0 Å². The Balaban J connectivity index is 1.47. The zero-order chi connectivity index (χ0) is 16.3. The van der Waals surface area contributed by atoms with Gasteiger partial charge in [0, 0.05) is 10.8 Å². The van der Waals surface area contributed by atoms with E-state index in [1.807, 2.05) is 39.7 Å². The number of hydrogen-bond donors (Lipinski definition) is 0. The number of allylic oxidation sites excluding steroid dienone is 2. The van der Waals surface area contributed by atoms with Gasteiger partial charge >= 0.3 is 11.4 Å². The van der Waals surface area contributed by atoms with Crippen LogP contribution in [-0.2, 0) is 0 Å². The Kier molecular flexibility index (Phi) is 1.51. The fourth-order valence-electron chi connectivity index (χ4n) is 8.86. The molecule has 0 N–H and O–H groups in total. The smallest absolute Gasteiger partial charge is 0.245 e. The summed E-state index contributed by atoms with van der Waals surface area (Å²) in [6.45, 7) is 0. The van der Waals surface area contributed by atoms with Gasteiger partial charge in [-0.05, 0) is 48.6 Å². The summed E-state index contributed by atoms with van der Waals surface area (Å²) < 4.78 is 5.16. The van der Waals surface area contributed by atoms with Crippen molar-refractivity contribution in [1.29, 1.82) is 0 Å². The molecule has 2 bridgehead atoms. The highest BCUT2D eigenvalue weighted by Crippen LogP contribution is 3.03. The number of para-hydroxylation sites is 1. The minimum atomic E-state index is -0.129. The van der Waals surface area contributed by atoms with Crippen molar-refractivity contribution in [2.24, 2.45) is 34.5 Å². The lowest BCUT2D eigenvalue weighted by molar-refractivity contribution is -0.551. The van der Waals surface area contributed by atoms with Gasteiger partial charge in [0.2, 0.25) is 0 Å². The molecule has 2 aliphatic heterocycles. The molecule has 3 heterocycles. The highest BCUT2D eigenvalue weighted by Gasteiger charge is 3.02. The average Bonchev–Trinajstić information content (AvgIpc) is 2.86. The van der Waals surface area contributed by atoms with Crippen LogP contribution < -0.4 is 11.4 Å². The molecule has 5 nitrogen and oxygen atoms in total. The van der Waals surface area contributed by atoms with Gasteiger partial charge in [-0.15, -0.1) is 0 Å². The standard InChI is InChI=1S/C20H17N3O2/c24-17-21(10-6-2-1-3-7-10)18(25)23-16-12-11-13-14(12)20(16)9-5-4-8-19(13,20)15(11)22(17)23/h1-7,11-16H,8-9H2/t11-,12+,13-,14+,15-,16-,19+,20-/m1/s1. The van der Waals surface area contributed by atoms with Crippen LogP contribution in [0.15, 0.2) is 52.1 Å². The first-order valence-corrected chi connectivity index (χ1v) is 9.42. The fraction of sp³-hybridized carbons (Fsp3) is 0.500. The van der Waals surface area contributed by atoms with Crippen molar-refractivity contribution < 1.29 is 0 Å². The number of rotatable bonds is 1. The molecule has 0 amide bonds. The summed E-state index contributed by atoms with van der Waals surface area (Å²) >= 11 is 0. The molecule has 0 saturated heterocycles. The van der Waals surface area contributed by atoms with Gasteiger partial charge in [-0.25, -0.2) is 23.5 Å². The lowest BCUT2D eigenvalue weighted by Crippen LogP contribution is -3.00. The molecule has 0 unspecified atom stereocenters. The summed E-state index contributed by atoms with van der Waals surface area (Å²) in [5.41, 5.74) is 1.01. The lowest BCUT2D eigenvalue weighted by atomic mass is 9.04. The molecule has 7 aliphatic rings. The molecule has 1 aromatic heterocycles. The Bertz CT molecular complexity index is 1080. The Morgan fingerprint density at radius 2 is 1.32 bits per heavy atom. The van der Waals surface area contributed by atoms with Crippen LogP contribution >= 0.6 is 0 Å². The van der Waals surface area contributed by atoms with Gasteiger partial charge in [0.15, 0.2) is 0 Å². The number of benzene rings is 1. The van der Waals surface area contributed by atoms with Crippen molar-refractivity contribution in [2.75, 3.05) is 0 Å². The van der Waals surface area contributed by atoms with Crippen molar-refractivity contribution in [3.8, 4) is 5.69 Å². The van der Waals surface area contributed by atoms with Gasteiger partial charge in [-0.1, -0.05) is 30.4 Å². The second-order valence-electron chi connectivity index (χ2n) is 8.98. The molecule has 2 aromatic rings. The average molecular weight is 331 g/mol. The Morgan fingerprint density at radius 3 is 1.84 bits per heavy atom. The summed E-state index contributed by atoms with van der Waals surface area (Å²) in [6, 6.07) is 9.91. The Morgan fingerprint density at radius 1 is 0.800 bits per heavy atom. The van der Waals surface area contributed by atoms with Crippen LogP contribution in [-0.4, -0.2) is 13.9 Å². The third kappa shape index (κ3) is 0.783. The summed E-state index contributed by atoms with van der Waals surface area (Å²) in [5.74, 6) is 2.98. The second-order valence-corrected chi connectivity index (χ2v) is 8.98. The van der Waals surface area contributed by atoms with Gasteiger partial charge in [0.25, 0.3) is 0 Å². The van der Waals surface area contributed by atoms with E-state index in [2.05, 4.69) is 12.2 Å². The van der Waals surface area contributed by atoms with Crippen LogP contribution in [0.25, 0.3) is 5.69 Å². The van der Waals surface area contributed by atoms with E-state index >= 15 is 0 Å². The lowest BCUT2D eigenvalue weighted by Gasteiger charge is -3.01. The SMILES string of the molecule is O=c1n(-c2ccccc2)c(=O)n2n1[C@@H]1[C@@H]3[C@H]4[C@H]5[C@@H]3[C@@]13CC=CC[C@]53[C@@H]42. The predicted molar refractivity (Wildman–Crippen MR) is 89.6 cm³/mol. The van der Waals surface area contributed by atoms with Crippen molar-refractivity contribution in [3.63, 3.8) is 0 Å². The van der Waals surface area contributed by atoms with Gasteiger partial charge in [-0.3, -0.25) is 0 Å². The first-order chi connectivity index (χ1) is 12.2. The van der Waals surface area contributed by atoms with Gasteiger partial charge in [0.1, 0.15) is 0 Å². The number of aromatic nitrogens is 3. The highest BCUT2D eigenvalue weighted by molar-refractivity contribution is 5.50. The molecule has 0 radical (unpaired) electrons. The normalized spacial score (nSPS) is 50.6. The van der Waals surface area contributed by atoms with E-state index < -0.39 is 0 Å². The minimum absolute atomic E-state index is 0.129. The van der Waals surface area contributed by atoms with Crippen molar-refractivity contribution >= 4 is 0 Å². The van der Waals surface area contributed by atoms with E-state index in [1.54, 1.807) is 0 Å². The van der Waals surface area contributed by atoms with Crippen molar-refractivity contribution in [2.45, 2.75) is 24.9 Å². The maximum atomic E-state index is 13.3. The Hall–Kier alpha value is -2.30.